The quantitative estimate of drug-likeness (QED) is 0.873. The van der Waals surface area contributed by atoms with E-state index < -0.39 is 0 Å². The minimum Gasteiger partial charge on any atom is -0.350 e. The summed E-state index contributed by atoms with van der Waals surface area (Å²) in [5.41, 5.74) is 0. The number of nitrogens with one attached hydrogen (secondary N) is 1. The third-order valence-electron chi connectivity index (χ3n) is 3.52. The van der Waals surface area contributed by atoms with E-state index in [2.05, 4.69) is 67.0 Å². The molecule has 0 radical (unpaired) electrons. The molecule has 1 aliphatic rings. The molecule has 1 fully saturated rings. The molecule has 100 valence electrons. The van der Waals surface area contributed by atoms with Crippen LogP contribution < -0.4 is 10.2 Å². The summed E-state index contributed by atoms with van der Waals surface area (Å²) in [6.07, 6.45) is 4.16. The van der Waals surface area contributed by atoms with Crippen LogP contribution in [-0.4, -0.2) is 30.2 Å². The number of rotatable bonds is 3. The van der Waals surface area contributed by atoms with Gasteiger partial charge in [0.1, 0.15) is 5.82 Å². The van der Waals surface area contributed by atoms with Crippen molar-refractivity contribution in [3.05, 3.63) is 21.2 Å². The molecule has 2 atom stereocenters. The highest BCUT2D eigenvalue weighted by atomic mass is 79.9. The van der Waals surface area contributed by atoms with E-state index >= 15 is 0 Å². The molecule has 5 heteroatoms. The number of nitrogens with zero attached hydrogens (tertiary/aromatic N) is 2. The van der Waals surface area contributed by atoms with Crippen molar-refractivity contribution in [2.45, 2.75) is 38.8 Å². The zero-order valence-corrected chi connectivity index (χ0v) is 14.0. The van der Waals surface area contributed by atoms with Gasteiger partial charge in [0.2, 0.25) is 0 Å². The average Bonchev–Trinajstić information content (AvgIpc) is 2.38. The Hall–Kier alpha value is -0.130. The largest absolute Gasteiger partial charge is 0.350 e. The first-order valence-electron chi connectivity index (χ1n) is 6.46. The lowest BCUT2D eigenvalue weighted by Crippen LogP contribution is -2.56. The van der Waals surface area contributed by atoms with E-state index in [4.69, 9.17) is 0 Å². The minimum absolute atomic E-state index is 0.526. The van der Waals surface area contributed by atoms with Crippen LogP contribution in [0.2, 0.25) is 0 Å². The number of piperazine rings is 1. The molecule has 0 spiro atoms. The fourth-order valence-electron chi connectivity index (χ4n) is 2.38. The molecule has 0 saturated carbocycles. The number of halogens is 2. The van der Waals surface area contributed by atoms with E-state index in [1.165, 1.54) is 0 Å². The van der Waals surface area contributed by atoms with Gasteiger partial charge in [0.25, 0.3) is 0 Å². The Morgan fingerprint density at radius 1 is 1.39 bits per heavy atom. The molecule has 18 heavy (non-hydrogen) atoms. The summed E-state index contributed by atoms with van der Waals surface area (Å²) in [6, 6.07) is 3.15. The second-order valence-electron chi connectivity index (χ2n) is 4.69. The van der Waals surface area contributed by atoms with Crippen LogP contribution in [0, 0.1) is 0 Å². The van der Waals surface area contributed by atoms with Crippen molar-refractivity contribution in [1.29, 1.82) is 0 Å². The highest BCUT2D eigenvalue weighted by Crippen LogP contribution is 2.30. The fourth-order valence-corrected chi connectivity index (χ4v) is 3.60. The first kappa shape index (κ1) is 14.3. The zero-order valence-electron chi connectivity index (χ0n) is 10.8. The van der Waals surface area contributed by atoms with Crippen LogP contribution >= 0.6 is 31.9 Å². The van der Waals surface area contributed by atoms with Crippen LogP contribution in [0.5, 0.6) is 0 Å². The Kier molecular flexibility index (Phi) is 5.04. The van der Waals surface area contributed by atoms with Crippen molar-refractivity contribution in [2.24, 2.45) is 0 Å². The van der Waals surface area contributed by atoms with Gasteiger partial charge >= 0.3 is 0 Å². The highest BCUT2D eigenvalue weighted by Gasteiger charge is 2.27. The van der Waals surface area contributed by atoms with E-state index in [1.807, 2.05) is 6.20 Å². The molecule has 0 aliphatic carbocycles. The van der Waals surface area contributed by atoms with Gasteiger partial charge in [-0.1, -0.05) is 13.8 Å². The van der Waals surface area contributed by atoms with Gasteiger partial charge in [0.05, 0.1) is 4.47 Å². The lowest BCUT2D eigenvalue weighted by atomic mass is 10.1. The van der Waals surface area contributed by atoms with Crippen molar-refractivity contribution in [3.63, 3.8) is 0 Å². The second kappa shape index (κ2) is 6.35. The monoisotopic (exact) mass is 375 g/mol. The molecule has 0 bridgehead atoms. The predicted molar refractivity (Wildman–Crippen MR) is 83.1 cm³/mol. The van der Waals surface area contributed by atoms with Crippen LogP contribution in [0.25, 0.3) is 0 Å². The summed E-state index contributed by atoms with van der Waals surface area (Å²) >= 11 is 7.08. The predicted octanol–water partition coefficient (Wildman–Crippen LogP) is 3.57. The van der Waals surface area contributed by atoms with E-state index in [1.54, 1.807) is 0 Å². The smallest absolute Gasteiger partial charge is 0.143 e. The Labute approximate surface area is 126 Å². The van der Waals surface area contributed by atoms with E-state index in [0.717, 1.165) is 40.7 Å². The molecule has 0 amide bonds. The Morgan fingerprint density at radius 2 is 2.17 bits per heavy atom. The van der Waals surface area contributed by atoms with Crippen LogP contribution in [0.1, 0.15) is 26.7 Å². The topological polar surface area (TPSA) is 28.2 Å². The van der Waals surface area contributed by atoms with Crippen molar-refractivity contribution >= 4 is 37.7 Å². The maximum atomic E-state index is 4.57. The maximum absolute atomic E-state index is 4.57. The van der Waals surface area contributed by atoms with Crippen molar-refractivity contribution < 1.29 is 0 Å². The van der Waals surface area contributed by atoms with E-state index in [0.29, 0.717) is 12.1 Å². The molecule has 2 heterocycles. The summed E-state index contributed by atoms with van der Waals surface area (Å²) in [7, 11) is 0. The fraction of sp³-hybridized carbons (Fsp3) is 0.615. The second-order valence-corrected chi connectivity index (χ2v) is 6.46. The van der Waals surface area contributed by atoms with Gasteiger partial charge in [0.15, 0.2) is 0 Å². The molecule has 1 aliphatic heterocycles. The van der Waals surface area contributed by atoms with Gasteiger partial charge in [-0.05, 0) is 50.8 Å². The van der Waals surface area contributed by atoms with Crippen LogP contribution in [-0.2, 0) is 0 Å². The molecular weight excluding hydrogens is 358 g/mol. The number of aromatic nitrogens is 1. The summed E-state index contributed by atoms with van der Waals surface area (Å²) in [5, 5.41) is 3.61. The molecular formula is C13H19Br2N3. The number of hydrogen-bond donors (Lipinski definition) is 1. The summed E-state index contributed by atoms with van der Waals surface area (Å²) < 4.78 is 2.07. The Balaban J connectivity index is 2.26. The minimum atomic E-state index is 0.526. The van der Waals surface area contributed by atoms with Crippen LogP contribution in [0.4, 0.5) is 5.82 Å². The molecule has 3 nitrogen and oxygen atoms in total. The van der Waals surface area contributed by atoms with Crippen molar-refractivity contribution in [3.8, 4) is 0 Å². The first-order valence-corrected chi connectivity index (χ1v) is 8.05. The number of hydrogen-bond acceptors (Lipinski definition) is 3. The maximum Gasteiger partial charge on any atom is 0.143 e. The summed E-state index contributed by atoms with van der Waals surface area (Å²) in [4.78, 5) is 7.00. The molecule has 2 rings (SSSR count). The average molecular weight is 377 g/mol. The normalized spacial score (nSPS) is 24.3. The lowest BCUT2D eigenvalue weighted by Gasteiger charge is -2.41. The SMILES string of the molecule is CCC1CN(c2ncc(Br)cc2Br)C(CC)CN1. The zero-order chi connectivity index (χ0) is 13.1. The van der Waals surface area contributed by atoms with Crippen LogP contribution in [0.3, 0.4) is 0 Å². The van der Waals surface area contributed by atoms with Crippen molar-refractivity contribution in [1.82, 2.24) is 10.3 Å². The molecule has 1 aromatic heterocycles. The van der Waals surface area contributed by atoms with Crippen molar-refractivity contribution in [2.75, 3.05) is 18.0 Å². The van der Waals surface area contributed by atoms with Gasteiger partial charge in [0, 0.05) is 35.8 Å². The summed E-state index contributed by atoms with van der Waals surface area (Å²) in [6.45, 7) is 6.53. The highest BCUT2D eigenvalue weighted by molar-refractivity contribution is 9.11. The molecule has 1 aromatic rings. The third kappa shape index (κ3) is 3.06. The Bertz CT molecular complexity index is 411. The third-order valence-corrected chi connectivity index (χ3v) is 4.54. The lowest BCUT2D eigenvalue weighted by molar-refractivity contribution is 0.376. The Morgan fingerprint density at radius 3 is 2.78 bits per heavy atom. The van der Waals surface area contributed by atoms with Crippen LogP contribution in [0.15, 0.2) is 21.2 Å². The first-order chi connectivity index (χ1) is 8.65. The standard InChI is InChI=1S/C13H19Br2N3/c1-3-10-8-18(11(4-2)7-16-10)13-12(15)5-9(14)6-17-13/h5-6,10-11,16H,3-4,7-8H2,1-2H3. The number of anilines is 1. The van der Waals surface area contributed by atoms with Gasteiger partial charge in [-0.2, -0.15) is 0 Å². The molecule has 2 unspecified atom stereocenters. The molecule has 0 aromatic carbocycles. The molecule has 1 N–H and O–H groups in total. The number of pyridine rings is 1. The van der Waals surface area contributed by atoms with Gasteiger partial charge in [-0.3, -0.25) is 0 Å². The summed E-state index contributed by atoms with van der Waals surface area (Å²) in [5.74, 6) is 1.06. The van der Waals surface area contributed by atoms with E-state index in [9.17, 15) is 0 Å². The van der Waals surface area contributed by atoms with Gasteiger partial charge < -0.3 is 10.2 Å². The van der Waals surface area contributed by atoms with E-state index in [-0.39, 0.29) is 0 Å². The molecule has 1 saturated heterocycles. The van der Waals surface area contributed by atoms with Gasteiger partial charge in [-0.25, -0.2) is 4.98 Å². The van der Waals surface area contributed by atoms with Gasteiger partial charge in [-0.15, -0.1) is 0 Å².